The summed E-state index contributed by atoms with van der Waals surface area (Å²) in [4.78, 5) is 38.8. The molecule has 122 valence electrons. The third-order valence-corrected chi connectivity index (χ3v) is 3.53. The van der Waals surface area contributed by atoms with E-state index < -0.39 is 17.2 Å². The van der Waals surface area contributed by atoms with Crippen LogP contribution in [0.1, 0.15) is 21.8 Å². The van der Waals surface area contributed by atoms with Crippen LogP contribution in [0, 0.1) is 0 Å². The molecular weight excluding hydrogens is 314 g/mol. The lowest BCUT2D eigenvalue weighted by atomic mass is 10.2. The highest BCUT2D eigenvalue weighted by molar-refractivity contribution is 5.92. The number of hydrogen-bond acceptors (Lipinski definition) is 5. The van der Waals surface area contributed by atoms with Crippen LogP contribution < -0.4 is 11.2 Å². The first kappa shape index (κ1) is 15.5. The van der Waals surface area contributed by atoms with Gasteiger partial charge in [-0.1, -0.05) is 0 Å². The molecule has 0 aliphatic heterocycles. The lowest BCUT2D eigenvalue weighted by Crippen LogP contribution is -2.37. The highest BCUT2D eigenvalue weighted by Gasteiger charge is 2.09. The van der Waals surface area contributed by atoms with Crippen LogP contribution in [-0.4, -0.2) is 25.2 Å². The average molecular weight is 327 g/mol. The van der Waals surface area contributed by atoms with Gasteiger partial charge in [-0.3, -0.25) is 9.36 Å². The Morgan fingerprint density at radius 3 is 2.71 bits per heavy atom. The zero-order valence-electron chi connectivity index (χ0n) is 12.9. The van der Waals surface area contributed by atoms with Crippen molar-refractivity contribution >= 4 is 29.2 Å². The molecule has 0 fully saturated rings. The fraction of sp³-hybridized carbons (Fsp3) is 0.125. The maximum atomic E-state index is 12.0. The number of fused-ring (bicyclic) bond motifs is 1. The standard InChI is InChI=1S/C16H13N3O5/c1-18-8-10(14(20)19(2)16(18)23)4-6-13-17-11-5-3-9(15(21)22)7-12(11)24-13/h3-8H,1-2H3,(H,21,22). The van der Waals surface area contributed by atoms with Gasteiger partial charge in [-0.2, -0.15) is 0 Å². The van der Waals surface area contributed by atoms with Crippen LogP contribution in [0.3, 0.4) is 0 Å². The van der Waals surface area contributed by atoms with Crippen LogP contribution in [0.2, 0.25) is 0 Å². The molecule has 24 heavy (non-hydrogen) atoms. The van der Waals surface area contributed by atoms with Gasteiger partial charge in [0.25, 0.3) is 5.56 Å². The van der Waals surface area contributed by atoms with Crippen molar-refractivity contribution in [2.45, 2.75) is 0 Å². The summed E-state index contributed by atoms with van der Waals surface area (Å²) in [5.74, 6) is -0.831. The smallest absolute Gasteiger partial charge is 0.335 e. The summed E-state index contributed by atoms with van der Waals surface area (Å²) in [6.45, 7) is 0. The highest BCUT2D eigenvalue weighted by Crippen LogP contribution is 2.18. The van der Waals surface area contributed by atoms with E-state index in [1.54, 1.807) is 13.1 Å². The van der Waals surface area contributed by atoms with E-state index in [0.29, 0.717) is 16.7 Å². The summed E-state index contributed by atoms with van der Waals surface area (Å²) >= 11 is 0. The van der Waals surface area contributed by atoms with Crippen molar-refractivity contribution in [3.63, 3.8) is 0 Å². The predicted octanol–water partition coefficient (Wildman–Crippen LogP) is 1.09. The molecule has 3 aromatic rings. The number of benzene rings is 1. The molecule has 2 heterocycles. The highest BCUT2D eigenvalue weighted by atomic mass is 16.4. The number of carboxylic acids is 1. The van der Waals surface area contributed by atoms with Crippen molar-refractivity contribution in [2.24, 2.45) is 14.1 Å². The molecule has 0 amide bonds. The molecular formula is C16H13N3O5. The first-order valence-corrected chi connectivity index (χ1v) is 6.95. The van der Waals surface area contributed by atoms with Gasteiger partial charge in [-0.25, -0.2) is 14.6 Å². The second-order valence-corrected chi connectivity index (χ2v) is 5.22. The van der Waals surface area contributed by atoms with Gasteiger partial charge in [-0.05, 0) is 24.3 Å². The van der Waals surface area contributed by atoms with E-state index in [1.807, 2.05) is 0 Å². The molecule has 0 bridgehead atoms. The van der Waals surface area contributed by atoms with Crippen LogP contribution >= 0.6 is 0 Å². The molecule has 0 unspecified atom stereocenters. The SMILES string of the molecule is Cn1cc(C=Cc2nc3ccc(C(=O)O)cc3o2)c(=O)n(C)c1=O. The van der Waals surface area contributed by atoms with Crippen LogP contribution in [0.15, 0.2) is 38.4 Å². The van der Waals surface area contributed by atoms with E-state index in [1.165, 1.54) is 42.1 Å². The number of carbonyl (C=O) groups is 1. The Kier molecular flexibility index (Phi) is 3.64. The lowest BCUT2D eigenvalue weighted by molar-refractivity contribution is 0.0697. The third kappa shape index (κ3) is 2.65. The fourth-order valence-corrected chi connectivity index (χ4v) is 2.26. The van der Waals surface area contributed by atoms with Crippen molar-refractivity contribution in [1.29, 1.82) is 0 Å². The van der Waals surface area contributed by atoms with E-state index in [-0.39, 0.29) is 11.5 Å². The number of hydrogen-bond donors (Lipinski definition) is 1. The average Bonchev–Trinajstić information content (AvgIpc) is 2.96. The van der Waals surface area contributed by atoms with Crippen molar-refractivity contribution in [1.82, 2.24) is 14.1 Å². The molecule has 0 saturated carbocycles. The van der Waals surface area contributed by atoms with Gasteiger partial charge in [0.15, 0.2) is 5.58 Å². The normalized spacial score (nSPS) is 11.4. The summed E-state index contributed by atoms with van der Waals surface area (Å²) in [6, 6.07) is 4.36. The maximum Gasteiger partial charge on any atom is 0.335 e. The van der Waals surface area contributed by atoms with Crippen molar-refractivity contribution in [3.05, 3.63) is 62.3 Å². The minimum Gasteiger partial charge on any atom is -0.478 e. The molecule has 0 spiro atoms. The summed E-state index contributed by atoms with van der Waals surface area (Å²) < 4.78 is 7.77. The Hall–Kier alpha value is -3.42. The van der Waals surface area contributed by atoms with Gasteiger partial charge in [0.2, 0.25) is 5.89 Å². The summed E-state index contributed by atoms with van der Waals surface area (Å²) in [7, 11) is 2.95. The van der Waals surface area contributed by atoms with Gasteiger partial charge >= 0.3 is 11.7 Å². The largest absolute Gasteiger partial charge is 0.478 e. The molecule has 8 heteroatoms. The molecule has 0 aliphatic rings. The minimum absolute atomic E-state index is 0.0982. The topological polar surface area (TPSA) is 107 Å². The third-order valence-electron chi connectivity index (χ3n) is 3.53. The zero-order chi connectivity index (χ0) is 17.4. The van der Waals surface area contributed by atoms with Gasteiger partial charge in [-0.15, -0.1) is 0 Å². The molecule has 0 radical (unpaired) electrons. The van der Waals surface area contributed by atoms with Gasteiger partial charge < -0.3 is 14.1 Å². The lowest BCUT2D eigenvalue weighted by Gasteiger charge is -2.02. The van der Waals surface area contributed by atoms with Crippen molar-refractivity contribution in [2.75, 3.05) is 0 Å². The molecule has 1 N–H and O–H groups in total. The van der Waals surface area contributed by atoms with E-state index >= 15 is 0 Å². The predicted molar refractivity (Wildman–Crippen MR) is 86.8 cm³/mol. The van der Waals surface area contributed by atoms with Crippen molar-refractivity contribution < 1.29 is 14.3 Å². The molecule has 2 aromatic heterocycles. The maximum absolute atomic E-state index is 12.0. The number of nitrogens with zero attached hydrogens (tertiary/aromatic N) is 3. The van der Waals surface area contributed by atoms with E-state index in [9.17, 15) is 14.4 Å². The monoisotopic (exact) mass is 327 g/mol. The van der Waals surface area contributed by atoms with Crippen LogP contribution in [-0.2, 0) is 14.1 Å². The quantitative estimate of drug-likeness (QED) is 0.771. The van der Waals surface area contributed by atoms with Crippen LogP contribution in [0.4, 0.5) is 0 Å². The minimum atomic E-state index is -1.06. The first-order chi connectivity index (χ1) is 11.4. The molecule has 0 aliphatic carbocycles. The molecule has 1 aromatic carbocycles. The molecule has 0 atom stereocenters. The Morgan fingerprint density at radius 1 is 1.25 bits per heavy atom. The summed E-state index contributed by atoms with van der Waals surface area (Å²) in [5.41, 5.74) is 0.393. The number of carboxylic acid groups (broad SMARTS) is 1. The second kappa shape index (κ2) is 5.65. The first-order valence-electron chi connectivity index (χ1n) is 6.95. The van der Waals surface area contributed by atoms with Gasteiger partial charge in [0.1, 0.15) is 5.52 Å². The summed E-state index contributed by atoms with van der Waals surface area (Å²) in [6.07, 6.45) is 4.40. The Balaban J connectivity index is 2.01. The van der Waals surface area contributed by atoms with Crippen LogP contribution in [0.25, 0.3) is 23.3 Å². The number of aryl methyl sites for hydroxylation is 1. The van der Waals surface area contributed by atoms with E-state index in [0.717, 1.165) is 4.57 Å². The number of rotatable bonds is 3. The van der Waals surface area contributed by atoms with Crippen LogP contribution in [0.5, 0.6) is 0 Å². The Morgan fingerprint density at radius 2 is 2.00 bits per heavy atom. The van der Waals surface area contributed by atoms with Crippen molar-refractivity contribution in [3.8, 4) is 0 Å². The molecule has 0 saturated heterocycles. The second-order valence-electron chi connectivity index (χ2n) is 5.22. The van der Waals surface area contributed by atoms with E-state index in [2.05, 4.69) is 4.98 Å². The summed E-state index contributed by atoms with van der Waals surface area (Å²) in [5, 5.41) is 8.97. The van der Waals surface area contributed by atoms with Gasteiger partial charge in [0.05, 0.1) is 11.1 Å². The number of aromatic nitrogens is 3. The van der Waals surface area contributed by atoms with Gasteiger partial charge in [0, 0.05) is 26.4 Å². The molecule has 8 nitrogen and oxygen atoms in total. The number of oxazole rings is 1. The Labute approximate surface area is 134 Å². The van der Waals surface area contributed by atoms with E-state index in [4.69, 9.17) is 9.52 Å². The Bertz CT molecular complexity index is 1100. The zero-order valence-corrected chi connectivity index (χ0v) is 12.9. The molecule has 3 rings (SSSR count). The number of aromatic carboxylic acids is 1. The fourth-order valence-electron chi connectivity index (χ4n) is 2.26.